The Morgan fingerprint density at radius 3 is 1.94 bits per heavy atom. The highest BCUT2D eigenvalue weighted by molar-refractivity contribution is 5.54. The number of hydrogen-bond donors (Lipinski definition) is 0. The van der Waals surface area contributed by atoms with Crippen molar-refractivity contribution in [2.45, 2.75) is 45.3 Å². The van der Waals surface area contributed by atoms with Gasteiger partial charge in [-0.05, 0) is 73.4 Å². The molecule has 0 amide bonds. The minimum atomic E-state index is -0.0780. The Hall–Kier alpha value is -4.90. The van der Waals surface area contributed by atoms with Gasteiger partial charge in [-0.15, -0.1) is 0 Å². The SMILES string of the molecule is CCC(CC)n1ncn(-c2ccc(N3CCN(c4ccc(OC[C@@H]5COC(c6ccccc6)C5)cc4)CC3)cc2)c1=O.Cn1nccn1. The second-order valence-electron chi connectivity index (χ2n) is 12.3. The quantitative estimate of drug-likeness (QED) is 0.190. The maximum atomic E-state index is 12.9. The maximum Gasteiger partial charge on any atom is 0.350 e. The third-order valence-electron chi connectivity index (χ3n) is 9.23. The van der Waals surface area contributed by atoms with Crippen molar-refractivity contribution in [1.29, 1.82) is 0 Å². The Bertz CT molecular complexity index is 1720. The van der Waals surface area contributed by atoms with Gasteiger partial charge >= 0.3 is 5.69 Å². The lowest BCUT2D eigenvalue weighted by Gasteiger charge is -2.37. The predicted molar refractivity (Wildman–Crippen MR) is 188 cm³/mol. The van der Waals surface area contributed by atoms with Gasteiger partial charge in [-0.3, -0.25) is 0 Å². The van der Waals surface area contributed by atoms with Crippen molar-refractivity contribution in [1.82, 2.24) is 29.3 Å². The monoisotopic (exact) mass is 650 g/mol. The number of aromatic nitrogens is 6. The molecule has 2 atom stereocenters. The number of ether oxygens (including phenoxy) is 2. The average Bonchev–Trinajstić information content (AvgIpc) is 3.91. The molecule has 11 nitrogen and oxygen atoms in total. The number of nitrogens with zero attached hydrogens (tertiary/aromatic N) is 8. The summed E-state index contributed by atoms with van der Waals surface area (Å²) in [6.45, 7) is 9.37. The lowest BCUT2D eigenvalue weighted by molar-refractivity contribution is 0.103. The minimum absolute atomic E-state index is 0.0780. The van der Waals surface area contributed by atoms with Gasteiger partial charge < -0.3 is 19.3 Å². The molecule has 2 aliphatic rings. The maximum absolute atomic E-state index is 12.9. The zero-order valence-electron chi connectivity index (χ0n) is 28.1. The molecule has 0 spiro atoms. The molecule has 7 rings (SSSR count). The second kappa shape index (κ2) is 15.8. The first-order valence-corrected chi connectivity index (χ1v) is 17.0. The molecule has 0 radical (unpaired) electrons. The van der Waals surface area contributed by atoms with Crippen molar-refractivity contribution in [3.8, 4) is 11.4 Å². The summed E-state index contributed by atoms with van der Waals surface area (Å²) in [5.74, 6) is 1.32. The van der Waals surface area contributed by atoms with Gasteiger partial charge in [0.25, 0.3) is 0 Å². The van der Waals surface area contributed by atoms with Crippen molar-refractivity contribution < 1.29 is 9.47 Å². The van der Waals surface area contributed by atoms with Gasteiger partial charge in [-0.2, -0.15) is 20.1 Å². The van der Waals surface area contributed by atoms with Crippen LogP contribution in [-0.2, 0) is 11.8 Å². The van der Waals surface area contributed by atoms with Crippen LogP contribution in [0.5, 0.6) is 5.75 Å². The van der Waals surface area contributed by atoms with Crippen LogP contribution in [0.3, 0.4) is 0 Å². The summed E-state index contributed by atoms with van der Waals surface area (Å²) >= 11 is 0. The van der Waals surface area contributed by atoms with Crippen LogP contribution in [0.4, 0.5) is 11.4 Å². The summed E-state index contributed by atoms with van der Waals surface area (Å²) in [6.07, 6.45) is 7.87. The van der Waals surface area contributed by atoms with Crippen LogP contribution in [0.25, 0.3) is 5.69 Å². The fraction of sp³-hybridized carbons (Fsp3) is 0.405. The van der Waals surface area contributed by atoms with E-state index in [-0.39, 0.29) is 17.8 Å². The Morgan fingerprint density at radius 1 is 0.792 bits per heavy atom. The van der Waals surface area contributed by atoms with E-state index in [1.807, 2.05) is 18.2 Å². The first-order chi connectivity index (χ1) is 23.5. The van der Waals surface area contributed by atoms with E-state index in [0.29, 0.717) is 12.5 Å². The Balaban J connectivity index is 0.000000604. The molecule has 2 aromatic heterocycles. The van der Waals surface area contributed by atoms with Crippen molar-refractivity contribution in [2.75, 3.05) is 49.2 Å². The molecule has 2 saturated heterocycles. The summed E-state index contributed by atoms with van der Waals surface area (Å²) in [5.41, 5.74) is 4.41. The summed E-state index contributed by atoms with van der Waals surface area (Å²) in [5, 5.41) is 11.8. The van der Waals surface area contributed by atoms with E-state index in [4.69, 9.17) is 9.47 Å². The lowest BCUT2D eigenvalue weighted by Crippen LogP contribution is -2.46. The molecule has 0 bridgehead atoms. The normalized spacial score (nSPS) is 17.8. The van der Waals surface area contributed by atoms with Crippen molar-refractivity contribution in [3.63, 3.8) is 0 Å². The summed E-state index contributed by atoms with van der Waals surface area (Å²) in [4.78, 5) is 19.2. The highest BCUT2D eigenvalue weighted by Crippen LogP contribution is 2.33. The molecule has 0 N–H and O–H groups in total. The van der Waals surface area contributed by atoms with Crippen molar-refractivity contribution in [3.05, 3.63) is 114 Å². The molecule has 48 heavy (non-hydrogen) atoms. The molecule has 252 valence electrons. The Kier molecular flexibility index (Phi) is 10.9. The van der Waals surface area contributed by atoms with E-state index in [2.05, 4.69) is 99.6 Å². The zero-order chi connectivity index (χ0) is 33.3. The first kappa shape index (κ1) is 33.0. The molecular weight excluding hydrogens is 604 g/mol. The third-order valence-corrected chi connectivity index (χ3v) is 9.23. The molecule has 4 heterocycles. The fourth-order valence-corrected chi connectivity index (χ4v) is 6.38. The van der Waals surface area contributed by atoms with Crippen LogP contribution in [0.2, 0.25) is 0 Å². The molecule has 11 heteroatoms. The van der Waals surface area contributed by atoms with Gasteiger partial charge in [0.1, 0.15) is 12.1 Å². The third kappa shape index (κ3) is 7.96. The Labute approximate surface area is 282 Å². The van der Waals surface area contributed by atoms with Gasteiger partial charge in [0.15, 0.2) is 0 Å². The molecule has 0 aliphatic carbocycles. The van der Waals surface area contributed by atoms with E-state index < -0.39 is 0 Å². The van der Waals surface area contributed by atoms with Crippen LogP contribution in [0, 0.1) is 5.92 Å². The molecule has 5 aromatic rings. The van der Waals surface area contributed by atoms with Gasteiger partial charge in [-0.25, -0.2) is 14.0 Å². The van der Waals surface area contributed by atoms with Gasteiger partial charge in [0, 0.05) is 50.5 Å². The van der Waals surface area contributed by atoms with E-state index in [9.17, 15) is 4.79 Å². The number of piperazine rings is 1. The molecule has 3 aromatic carbocycles. The zero-order valence-corrected chi connectivity index (χ0v) is 28.1. The topological polar surface area (TPSA) is 95.5 Å². The molecule has 1 unspecified atom stereocenters. The number of benzene rings is 3. The van der Waals surface area contributed by atoms with Gasteiger partial charge in [0.2, 0.25) is 0 Å². The largest absolute Gasteiger partial charge is 0.493 e. The molecule has 0 saturated carbocycles. The highest BCUT2D eigenvalue weighted by Gasteiger charge is 2.27. The van der Waals surface area contributed by atoms with Crippen molar-refractivity contribution in [2.24, 2.45) is 13.0 Å². The van der Waals surface area contributed by atoms with E-state index >= 15 is 0 Å². The summed E-state index contributed by atoms with van der Waals surface area (Å²) < 4.78 is 15.4. The first-order valence-electron chi connectivity index (χ1n) is 17.0. The number of anilines is 2. The Morgan fingerprint density at radius 2 is 1.38 bits per heavy atom. The second-order valence-corrected chi connectivity index (χ2v) is 12.3. The number of hydrogen-bond acceptors (Lipinski definition) is 8. The highest BCUT2D eigenvalue weighted by atomic mass is 16.5. The van der Waals surface area contributed by atoms with E-state index in [1.165, 1.54) is 21.7 Å². The van der Waals surface area contributed by atoms with Crippen molar-refractivity contribution >= 4 is 11.4 Å². The van der Waals surface area contributed by atoms with Crippen LogP contribution >= 0.6 is 0 Å². The van der Waals surface area contributed by atoms with Gasteiger partial charge in [0.05, 0.1) is 43.4 Å². The van der Waals surface area contributed by atoms with Crippen LogP contribution in [-0.4, -0.2) is 68.7 Å². The number of rotatable bonds is 10. The predicted octanol–water partition coefficient (Wildman–Crippen LogP) is 5.69. The molecular formula is C37H46N8O3. The van der Waals surface area contributed by atoms with Crippen LogP contribution in [0.1, 0.15) is 50.8 Å². The van der Waals surface area contributed by atoms with Crippen LogP contribution in [0.15, 0.2) is 102 Å². The molecule has 2 fully saturated rings. The van der Waals surface area contributed by atoms with E-state index in [0.717, 1.165) is 63.5 Å². The lowest BCUT2D eigenvalue weighted by atomic mass is 10.0. The van der Waals surface area contributed by atoms with E-state index in [1.54, 1.807) is 35.0 Å². The fourth-order valence-electron chi connectivity index (χ4n) is 6.38. The summed E-state index contributed by atoms with van der Waals surface area (Å²) in [6, 6.07) is 27.3. The number of aryl methyl sites for hydroxylation is 1. The van der Waals surface area contributed by atoms with Crippen LogP contribution < -0.4 is 20.2 Å². The summed E-state index contributed by atoms with van der Waals surface area (Å²) in [7, 11) is 1.78. The van der Waals surface area contributed by atoms with Gasteiger partial charge in [-0.1, -0.05) is 44.2 Å². The minimum Gasteiger partial charge on any atom is -0.493 e. The average molecular weight is 651 g/mol. The smallest absolute Gasteiger partial charge is 0.350 e. The standard InChI is InChI=1S/C34H41N5O3.C3H5N3/c1-3-28(4-2)39-34(40)38(25-35-39)31-12-10-29(11-13-31)36-18-20-37(21-19-36)30-14-16-32(17-15-30)41-23-26-22-33(42-24-26)27-8-6-5-7-9-27;1-6-4-2-3-5-6/h5-17,25-26,28,33H,3-4,18-24H2,1-2H3;2-3H,1H3/t26-,33?;/m1./s1. The molecule has 2 aliphatic heterocycles.